The third-order valence-corrected chi connectivity index (χ3v) is 4.23. The highest BCUT2D eigenvalue weighted by Crippen LogP contribution is 2.28. The molecule has 0 N–H and O–H groups in total. The van der Waals surface area contributed by atoms with E-state index in [0.717, 1.165) is 12.1 Å². The van der Waals surface area contributed by atoms with Crippen molar-refractivity contribution in [2.75, 3.05) is 19.6 Å². The van der Waals surface area contributed by atoms with Crippen molar-refractivity contribution in [3.63, 3.8) is 0 Å². The Kier molecular flexibility index (Phi) is 7.66. The van der Waals surface area contributed by atoms with E-state index in [1.54, 1.807) is 0 Å². The molecule has 0 unspecified atom stereocenters. The summed E-state index contributed by atoms with van der Waals surface area (Å²) in [5, 5.41) is 0. The maximum Gasteiger partial charge on any atom is 0.165 e. The van der Waals surface area contributed by atoms with Crippen LogP contribution in [0.1, 0.15) is 69.3 Å². The molecule has 21 heavy (non-hydrogen) atoms. The molecule has 2 heteroatoms. The van der Waals surface area contributed by atoms with Crippen LogP contribution < -0.4 is 0 Å². The van der Waals surface area contributed by atoms with E-state index in [0.29, 0.717) is 5.92 Å². The van der Waals surface area contributed by atoms with Crippen LogP contribution in [0, 0.1) is 5.92 Å². The summed E-state index contributed by atoms with van der Waals surface area (Å²) in [6, 6.07) is 8.32. The number of ketones is 1. The molecule has 0 aliphatic carbocycles. The molecule has 0 spiro atoms. The molecule has 0 amide bonds. The molecule has 0 radical (unpaired) electrons. The average molecular weight is 289 g/mol. The lowest BCUT2D eigenvalue weighted by molar-refractivity contribution is 0.0939. The molecular formula is C19H31NO. The zero-order valence-corrected chi connectivity index (χ0v) is 14.4. The lowest BCUT2D eigenvalue weighted by atomic mass is 9.88. The highest BCUT2D eigenvalue weighted by atomic mass is 16.1. The van der Waals surface area contributed by atoms with Crippen molar-refractivity contribution in [3.8, 4) is 0 Å². The van der Waals surface area contributed by atoms with Crippen LogP contribution in [0.5, 0.6) is 0 Å². The minimum absolute atomic E-state index is 0.0821. The van der Waals surface area contributed by atoms with Gasteiger partial charge < -0.3 is 4.90 Å². The smallest absolute Gasteiger partial charge is 0.165 e. The average Bonchev–Trinajstić information content (AvgIpc) is 2.56. The summed E-state index contributed by atoms with van der Waals surface area (Å²) in [4.78, 5) is 14.4. The first-order valence-electron chi connectivity index (χ1n) is 8.48. The maximum atomic E-state index is 11.9. The molecule has 1 fully saturated rings. The van der Waals surface area contributed by atoms with Crippen molar-refractivity contribution >= 4 is 5.78 Å². The summed E-state index contributed by atoms with van der Waals surface area (Å²) in [5.74, 6) is 0.997. The van der Waals surface area contributed by atoms with Gasteiger partial charge in [0.05, 0.1) is 0 Å². The van der Waals surface area contributed by atoms with E-state index in [9.17, 15) is 4.79 Å². The Hall–Kier alpha value is -1.15. The van der Waals surface area contributed by atoms with Crippen LogP contribution in [0.4, 0.5) is 0 Å². The molecule has 1 heterocycles. The van der Waals surface area contributed by atoms with Gasteiger partial charge in [-0.15, -0.1) is 0 Å². The lowest BCUT2D eigenvalue weighted by Gasteiger charge is -2.31. The molecule has 2 rings (SSSR count). The summed E-state index contributed by atoms with van der Waals surface area (Å²) in [6.07, 6.45) is 2.48. The molecule has 1 aromatic carbocycles. The Morgan fingerprint density at radius 3 is 2.10 bits per heavy atom. The number of nitrogens with zero attached hydrogens (tertiary/aromatic N) is 1. The van der Waals surface area contributed by atoms with E-state index < -0.39 is 0 Å². The normalized spacial score (nSPS) is 16.5. The largest absolute Gasteiger partial charge is 0.304 e. The number of carbonyl (C=O) groups is 1. The molecule has 0 aromatic heterocycles. The second kappa shape index (κ2) is 8.99. The van der Waals surface area contributed by atoms with E-state index in [2.05, 4.69) is 24.0 Å². The number of Topliss-reactive ketones (excluding diaryl/α,β-unsaturated/α-hetero) is 1. The fourth-order valence-electron chi connectivity index (χ4n) is 2.84. The molecule has 1 aliphatic rings. The topological polar surface area (TPSA) is 20.3 Å². The molecule has 2 nitrogen and oxygen atoms in total. The second-order valence-electron chi connectivity index (χ2n) is 5.85. The number of hydrogen-bond acceptors (Lipinski definition) is 2. The number of carbonyl (C=O) groups excluding carboxylic acids is 1. The third-order valence-electron chi connectivity index (χ3n) is 4.23. The zero-order valence-electron chi connectivity index (χ0n) is 14.4. The van der Waals surface area contributed by atoms with Crippen molar-refractivity contribution in [2.45, 2.75) is 53.4 Å². The molecule has 1 aliphatic heterocycles. The van der Waals surface area contributed by atoms with Gasteiger partial charge in [0.2, 0.25) is 0 Å². The summed E-state index contributed by atoms with van der Waals surface area (Å²) in [7, 11) is 0. The fraction of sp³-hybridized carbons (Fsp3) is 0.632. The Labute approximate surface area is 130 Å². The van der Waals surface area contributed by atoms with Crippen molar-refractivity contribution in [2.24, 2.45) is 5.92 Å². The minimum atomic E-state index is 0.0821. The highest BCUT2D eigenvalue weighted by Gasteiger charge is 2.19. The molecule has 0 bridgehead atoms. The predicted octanol–water partition coefficient (Wildman–Crippen LogP) is 4.75. The van der Waals surface area contributed by atoms with Crippen LogP contribution in [-0.4, -0.2) is 30.3 Å². The first kappa shape index (κ1) is 17.9. The fourth-order valence-corrected chi connectivity index (χ4v) is 2.84. The van der Waals surface area contributed by atoms with Crippen LogP contribution in [0.25, 0.3) is 0 Å². The zero-order chi connectivity index (χ0) is 15.8. The SMILES string of the molecule is CC.CCN1CCC(c2ccc(C(=O)C(C)C)cc2)CC1. The van der Waals surface area contributed by atoms with Crippen LogP contribution in [-0.2, 0) is 0 Å². The first-order chi connectivity index (χ1) is 10.1. The van der Waals surface area contributed by atoms with E-state index in [1.807, 2.05) is 39.8 Å². The van der Waals surface area contributed by atoms with Crippen LogP contribution in [0.3, 0.4) is 0 Å². The first-order valence-corrected chi connectivity index (χ1v) is 8.48. The number of rotatable bonds is 4. The van der Waals surface area contributed by atoms with E-state index in [1.165, 1.54) is 31.5 Å². The lowest BCUT2D eigenvalue weighted by Crippen LogP contribution is -2.32. The molecule has 0 saturated carbocycles. The van der Waals surface area contributed by atoms with Gasteiger partial charge in [0.1, 0.15) is 0 Å². The van der Waals surface area contributed by atoms with Crippen molar-refractivity contribution < 1.29 is 4.79 Å². The van der Waals surface area contributed by atoms with Gasteiger partial charge in [-0.25, -0.2) is 0 Å². The molecule has 118 valence electrons. The Morgan fingerprint density at radius 1 is 1.14 bits per heavy atom. The third kappa shape index (κ3) is 4.96. The Morgan fingerprint density at radius 2 is 1.67 bits per heavy atom. The van der Waals surface area contributed by atoms with Crippen LogP contribution in [0.15, 0.2) is 24.3 Å². The number of likely N-dealkylation sites (tertiary alicyclic amines) is 1. The van der Waals surface area contributed by atoms with Crippen LogP contribution >= 0.6 is 0 Å². The quantitative estimate of drug-likeness (QED) is 0.745. The molecule has 1 saturated heterocycles. The molecular weight excluding hydrogens is 258 g/mol. The van der Waals surface area contributed by atoms with E-state index >= 15 is 0 Å². The van der Waals surface area contributed by atoms with Crippen LogP contribution in [0.2, 0.25) is 0 Å². The van der Waals surface area contributed by atoms with Gasteiger partial charge in [0, 0.05) is 11.5 Å². The molecule has 1 aromatic rings. The summed E-state index contributed by atoms with van der Waals surface area (Å²) in [6.45, 7) is 13.7. The van der Waals surface area contributed by atoms with Gasteiger partial charge in [0.25, 0.3) is 0 Å². The number of hydrogen-bond donors (Lipinski definition) is 0. The monoisotopic (exact) mass is 289 g/mol. The van der Waals surface area contributed by atoms with Gasteiger partial charge in [-0.1, -0.05) is 58.9 Å². The van der Waals surface area contributed by atoms with Crippen molar-refractivity contribution in [1.82, 2.24) is 4.90 Å². The Bertz CT molecular complexity index is 414. The van der Waals surface area contributed by atoms with E-state index in [-0.39, 0.29) is 11.7 Å². The maximum absolute atomic E-state index is 11.9. The number of benzene rings is 1. The second-order valence-corrected chi connectivity index (χ2v) is 5.85. The van der Waals surface area contributed by atoms with E-state index in [4.69, 9.17) is 0 Å². The highest BCUT2D eigenvalue weighted by molar-refractivity contribution is 5.97. The summed E-state index contributed by atoms with van der Waals surface area (Å²) >= 11 is 0. The molecule has 0 atom stereocenters. The van der Waals surface area contributed by atoms with Gasteiger partial charge in [-0.3, -0.25) is 4.79 Å². The van der Waals surface area contributed by atoms with Crippen molar-refractivity contribution in [1.29, 1.82) is 0 Å². The predicted molar refractivity (Wildman–Crippen MR) is 91.0 cm³/mol. The van der Waals surface area contributed by atoms with Gasteiger partial charge in [-0.2, -0.15) is 0 Å². The number of piperidine rings is 1. The van der Waals surface area contributed by atoms with Gasteiger partial charge in [-0.05, 0) is 44.0 Å². The van der Waals surface area contributed by atoms with Gasteiger partial charge in [0.15, 0.2) is 5.78 Å². The van der Waals surface area contributed by atoms with Gasteiger partial charge >= 0.3 is 0 Å². The standard InChI is InChI=1S/C17H25NO.C2H6/c1-4-18-11-9-15(10-12-18)14-5-7-16(8-6-14)17(19)13(2)3;1-2/h5-8,13,15H,4,9-12H2,1-3H3;1-2H3. The summed E-state index contributed by atoms with van der Waals surface area (Å²) in [5.41, 5.74) is 2.25. The van der Waals surface area contributed by atoms with Crippen molar-refractivity contribution in [3.05, 3.63) is 35.4 Å². The summed E-state index contributed by atoms with van der Waals surface area (Å²) < 4.78 is 0. The Balaban J connectivity index is 0.00000106. The minimum Gasteiger partial charge on any atom is -0.304 e.